The number of pyridine rings is 1. The van der Waals surface area contributed by atoms with Crippen LogP contribution < -0.4 is 10.1 Å². The highest BCUT2D eigenvalue weighted by molar-refractivity contribution is 5.65. The quantitative estimate of drug-likeness (QED) is 0.852. The van der Waals surface area contributed by atoms with Crippen LogP contribution in [0.15, 0.2) is 42.6 Å². The van der Waals surface area contributed by atoms with Gasteiger partial charge < -0.3 is 15.2 Å². The number of nitrogens with zero attached hydrogens (tertiary/aromatic N) is 1. The van der Waals surface area contributed by atoms with Crippen molar-refractivity contribution in [3.05, 3.63) is 59.7 Å². The van der Waals surface area contributed by atoms with Crippen molar-refractivity contribution in [3.63, 3.8) is 0 Å². The fourth-order valence-corrected chi connectivity index (χ4v) is 2.79. The van der Waals surface area contributed by atoms with Gasteiger partial charge in [0.2, 0.25) is 5.95 Å². The van der Waals surface area contributed by atoms with Crippen LogP contribution in [0.2, 0.25) is 0 Å². The van der Waals surface area contributed by atoms with Crippen LogP contribution in [0.5, 0.6) is 5.75 Å². The summed E-state index contributed by atoms with van der Waals surface area (Å²) < 4.78 is 19.0. The van der Waals surface area contributed by atoms with Crippen molar-refractivity contribution in [2.45, 2.75) is 25.0 Å². The van der Waals surface area contributed by atoms with Gasteiger partial charge in [-0.3, -0.25) is 0 Å². The van der Waals surface area contributed by atoms with E-state index in [1.165, 1.54) is 12.3 Å². The summed E-state index contributed by atoms with van der Waals surface area (Å²) in [7, 11) is 0. The maximum atomic E-state index is 13.2. The first kappa shape index (κ1) is 14.3. The maximum Gasteiger partial charge on any atom is 0.405 e. The van der Waals surface area contributed by atoms with Gasteiger partial charge in [-0.05, 0) is 30.0 Å². The number of nitrogens with one attached hydrogen (secondary N) is 1. The number of amides is 1. The molecule has 0 fully saturated rings. The van der Waals surface area contributed by atoms with Gasteiger partial charge in [0.25, 0.3) is 0 Å². The van der Waals surface area contributed by atoms with Crippen LogP contribution >= 0.6 is 0 Å². The molecule has 2 aromatic rings. The predicted octanol–water partition coefficient (Wildman–Crippen LogP) is 3.44. The van der Waals surface area contributed by atoms with Gasteiger partial charge in [-0.25, -0.2) is 9.78 Å². The second kappa shape index (κ2) is 6.01. The Morgan fingerprint density at radius 1 is 1.27 bits per heavy atom. The van der Waals surface area contributed by atoms with Crippen LogP contribution in [0, 0.1) is 5.95 Å². The zero-order valence-corrected chi connectivity index (χ0v) is 11.7. The Bertz CT molecular complexity index is 693. The molecule has 2 N–H and O–H groups in total. The van der Waals surface area contributed by atoms with Gasteiger partial charge in [-0.15, -0.1) is 0 Å². The summed E-state index contributed by atoms with van der Waals surface area (Å²) >= 11 is 0. The van der Waals surface area contributed by atoms with Gasteiger partial charge in [0, 0.05) is 12.3 Å². The Balaban J connectivity index is 1.86. The number of benzene rings is 1. The Morgan fingerprint density at radius 2 is 2.05 bits per heavy atom. The smallest absolute Gasteiger partial charge is 0.405 e. The highest BCUT2D eigenvalue weighted by atomic mass is 19.1. The van der Waals surface area contributed by atoms with E-state index in [9.17, 15) is 9.18 Å². The Hall–Kier alpha value is -2.63. The van der Waals surface area contributed by atoms with Crippen molar-refractivity contribution in [2.24, 2.45) is 0 Å². The molecule has 2 atom stereocenters. The van der Waals surface area contributed by atoms with Crippen LogP contribution in [-0.4, -0.2) is 16.2 Å². The SMILES string of the molecule is O=C(O)N[C@H]1CC[C@@H](Oc2ccnc(F)c2)c2ccccc21. The number of carboxylic acid groups (broad SMARTS) is 1. The van der Waals surface area contributed by atoms with Crippen LogP contribution in [0.3, 0.4) is 0 Å². The van der Waals surface area contributed by atoms with E-state index in [2.05, 4.69) is 10.3 Å². The van der Waals surface area contributed by atoms with E-state index in [1.807, 2.05) is 24.3 Å². The Morgan fingerprint density at radius 3 is 2.77 bits per heavy atom. The van der Waals surface area contributed by atoms with E-state index in [-0.39, 0.29) is 12.1 Å². The topological polar surface area (TPSA) is 71.5 Å². The monoisotopic (exact) mass is 302 g/mol. The minimum Gasteiger partial charge on any atom is -0.486 e. The van der Waals surface area contributed by atoms with Crippen molar-refractivity contribution < 1.29 is 19.0 Å². The van der Waals surface area contributed by atoms with Gasteiger partial charge in [-0.1, -0.05) is 24.3 Å². The van der Waals surface area contributed by atoms with Crippen molar-refractivity contribution in [2.75, 3.05) is 0 Å². The minimum atomic E-state index is -1.05. The second-order valence-corrected chi connectivity index (χ2v) is 5.13. The molecule has 3 rings (SSSR count). The molecular formula is C16H15FN2O3. The van der Waals surface area contributed by atoms with E-state index in [1.54, 1.807) is 6.07 Å². The lowest BCUT2D eigenvalue weighted by atomic mass is 9.85. The number of ether oxygens (including phenoxy) is 1. The fourth-order valence-electron chi connectivity index (χ4n) is 2.79. The molecule has 1 aromatic carbocycles. The highest BCUT2D eigenvalue weighted by Crippen LogP contribution is 2.38. The second-order valence-electron chi connectivity index (χ2n) is 5.13. The minimum absolute atomic E-state index is 0.232. The lowest BCUT2D eigenvalue weighted by Crippen LogP contribution is -2.31. The zero-order chi connectivity index (χ0) is 15.5. The summed E-state index contributed by atoms with van der Waals surface area (Å²) in [5.41, 5.74) is 1.82. The standard InChI is InChI=1S/C16H15FN2O3/c17-15-9-10(7-8-18-15)22-14-6-5-13(19-16(20)21)11-3-1-2-4-12(11)14/h1-4,7-9,13-14,19H,5-6H2,(H,20,21)/t13-,14+/m0/s1. The van der Waals surface area contributed by atoms with Gasteiger partial charge in [-0.2, -0.15) is 4.39 Å². The molecule has 1 aliphatic carbocycles. The number of rotatable bonds is 3. The van der Waals surface area contributed by atoms with Crippen LogP contribution in [-0.2, 0) is 0 Å². The molecule has 22 heavy (non-hydrogen) atoms. The third-order valence-electron chi connectivity index (χ3n) is 3.71. The van der Waals surface area contributed by atoms with Gasteiger partial charge >= 0.3 is 6.09 Å². The van der Waals surface area contributed by atoms with Crippen molar-refractivity contribution in [1.29, 1.82) is 0 Å². The zero-order valence-electron chi connectivity index (χ0n) is 11.7. The molecule has 0 spiro atoms. The van der Waals surface area contributed by atoms with Gasteiger partial charge in [0.05, 0.1) is 6.04 Å². The van der Waals surface area contributed by atoms with Crippen molar-refractivity contribution >= 4 is 6.09 Å². The fraction of sp³-hybridized carbons (Fsp3) is 0.250. The molecule has 0 aliphatic heterocycles. The molecule has 1 aliphatic rings. The molecule has 114 valence electrons. The normalized spacial score (nSPS) is 20.0. The molecule has 0 saturated heterocycles. The van der Waals surface area contributed by atoms with E-state index in [0.29, 0.717) is 18.6 Å². The van der Waals surface area contributed by atoms with E-state index in [0.717, 1.165) is 11.1 Å². The average molecular weight is 302 g/mol. The van der Waals surface area contributed by atoms with Crippen molar-refractivity contribution in [3.8, 4) is 5.75 Å². The molecule has 1 aromatic heterocycles. The number of hydrogen-bond acceptors (Lipinski definition) is 3. The molecule has 0 radical (unpaired) electrons. The summed E-state index contributed by atoms with van der Waals surface area (Å²) in [5.74, 6) is -0.177. The number of halogens is 1. The summed E-state index contributed by atoms with van der Waals surface area (Å²) in [6.07, 6.45) is 1.35. The summed E-state index contributed by atoms with van der Waals surface area (Å²) in [6, 6.07) is 10.1. The average Bonchev–Trinajstić information content (AvgIpc) is 2.49. The highest BCUT2D eigenvalue weighted by Gasteiger charge is 2.29. The molecular weight excluding hydrogens is 287 g/mol. The predicted molar refractivity (Wildman–Crippen MR) is 77.1 cm³/mol. The first-order chi connectivity index (χ1) is 10.6. The third kappa shape index (κ3) is 3.00. The van der Waals surface area contributed by atoms with Crippen LogP contribution in [0.25, 0.3) is 0 Å². The molecule has 0 unspecified atom stereocenters. The molecule has 0 saturated carbocycles. The van der Waals surface area contributed by atoms with Crippen molar-refractivity contribution in [1.82, 2.24) is 10.3 Å². The number of fused-ring (bicyclic) bond motifs is 1. The molecule has 0 bridgehead atoms. The summed E-state index contributed by atoms with van der Waals surface area (Å²) in [6.45, 7) is 0. The van der Waals surface area contributed by atoms with E-state index in [4.69, 9.17) is 9.84 Å². The van der Waals surface area contributed by atoms with Crippen LogP contribution in [0.4, 0.5) is 9.18 Å². The first-order valence-electron chi connectivity index (χ1n) is 7.00. The Kier molecular flexibility index (Phi) is 3.91. The molecule has 6 heteroatoms. The lowest BCUT2D eigenvalue weighted by molar-refractivity contribution is 0.162. The molecule has 1 amide bonds. The number of hydrogen-bond donors (Lipinski definition) is 2. The molecule has 1 heterocycles. The lowest BCUT2D eigenvalue weighted by Gasteiger charge is -2.31. The number of aromatic nitrogens is 1. The van der Waals surface area contributed by atoms with Crippen LogP contribution in [0.1, 0.15) is 36.1 Å². The van der Waals surface area contributed by atoms with E-state index < -0.39 is 12.0 Å². The number of carbonyl (C=O) groups is 1. The summed E-state index contributed by atoms with van der Waals surface area (Å²) in [5, 5.41) is 11.5. The largest absolute Gasteiger partial charge is 0.486 e. The van der Waals surface area contributed by atoms with Gasteiger partial charge in [0.15, 0.2) is 0 Å². The first-order valence-corrected chi connectivity index (χ1v) is 7.00. The third-order valence-corrected chi connectivity index (χ3v) is 3.71. The maximum absolute atomic E-state index is 13.2. The van der Waals surface area contributed by atoms with Gasteiger partial charge in [0.1, 0.15) is 11.9 Å². The van der Waals surface area contributed by atoms with E-state index >= 15 is 0 Å². The Labute approximate surface area is 126 Å². The molecule has 5 nitrogen and oxygen atoms in total. The summed E-state index contributed by atoms with van der Waals surface area (Å²) in [4.78, 5) is 14.4.